The van der Waals surface area contributed by atoms with E-state index in [0.29, 0.717) is 18.0 Å². The lowest BCUT2D eigenvalue weighted by atomic mass is 10.1. The predicted octanol–water partition coefficient (Wildman–Crippen LogP) is 1.98. The molecule has 1 saturated carbocycles. The zero-order valence-corrected chi connectivity index (χ0v) is 11.0. The van der Waals surface area contributed by atoms with E-state index < -0.39 is 0 Å². The molecule has 1 aliphatic rings. The first kappa shape index (κ1) is 12.7. The van der Waals surface area contributed by atoms with Gasteiger partial charge in [0.1, 0.15) is 11.9 Å². The van der Waals surface area contributed by atoms with E-state index >= 15 is 0 Å². The molecule has 5 heteroatoms. The Balaban J connectivity index is 1.67. The minimum atomic E-state index is 0.189. The SMILES string of the molecule is N#Cc1ccc(CN[C@H](c2ncccn2)C2CC2)nc1. The second-order valence-electron chi connectivity index (χ2n) is 4.95. The highest BCUT2D eigenvalue weighted by Crippen LogP contribution is 2.39. The van der Waals surface area contributed by atoms with Gasteiger partial charge in [0.2, 0.25) is 0 Å². The van der Waals surface area contributed by atoms with Crippen molar-refractivity contribution in [1.82, 2.24) is 20.3 Å². The van der Waals surface area contributed by atoms with Crippen LogP contribution in [0, 0.1) is 17.2 Å². The minimum Gasteiger partial charge on any atom is -0.301 e. The van der Waals surface area contributed by atoms with Gasteiger partial charge in [-0.1, -0.05) is 0 Å². The summed E-state index contributed by atoms with van der Waals surface area (Å²) in [5.41, 5.74) is 1.50. The number of rotatable bonds is 5. The van der Waals surface area contributed by atoms with Gasteiger partial charge in [0, 0.05) is 25.1 Å². The van der Waals surface area contributed by atoms with Crippen LogP contribution < -0.4 is 5.32 Å². The molecule has 2 aromatic heterocycles. The van der Waals surface area contributed by atoms with Gasteiger partial charge in [-0.3, -0.25) is 4.98 Å². The van der Waals surface area contributed by atoms with Gasteiger partial charge >= 0.3 is 0 Å². The van der Waals surface area contributed by atoms with E-state index in [2.05, 4.69) is 26.3 Å². The first-order valence-corrected chi connectivity index (χ1v) is 6.72. The van der Waals surface area contributed by atoms with Crippen molar-refractivity contribution in [2.75, 3.05) is 0 Å². The smallest absolute Gasteiger partial charge is 0.145 e. The summed E-state index contributed by atoms with van der Waals surface area (Å²) in [5.74, 6) is 1.47. The Hall–Kier alpha value is -2.32. The van der Waals surface area contributed by atoms with Crippen LogP contribution in [0.5, 0.6) is 0 Å². The number of nitriles is 1. The number of aromatic nitrogens is 3. The highest BCUT2D eigenvalue weighted by atomic mass is 15.0. The summed E-state index contributed by atoms with van der Waals surface area (Å²) in [7, 11) is 0. The summed E-state index contributed by atoms with van der Waals surface area (Å²) in [4.78, 5) is 13.0. The summed E-state index contributed by atoms with van der Waals surface area (Å²) in [6, 6.07) is 7.75. The lowest BCUT2D eigenvalue weighted by Gasteiger charge is -2.16. The Labute approximate surface area is 117 Å². The molecule has 1 N–H and O–H groups in total. The van der Waals surface area contributed by atoms with Crippen LogP contribution in [-0.4, -0.2) is 15.0 Å². The van der Waals surface area contributed by atoms with Gasteiger partial charge in [0.15, 0.2) is 0 Å². The van der Waals surface area contributed by atoms with Gasteiger partial charge in [0.05, 0.1) is 17.3 Å². The van der Waals surface area contributed by atoms with Crippen molar-refractivity contribution in [3.8, 4) is 6.07 Å². The van der Waals surface area contributed by atoms with Gasteiger partial charge < -0.3 is 5.32 Å². The van der Waals surface area contributed by atoms with Crippen molar-refractivity contribution in [2.45, 2.75) is 25.4 Å². The zero-order chi connectivity index (χ0) is 13.8. The molecule has 0 amide bonds. The molecule has 2 heterocycles. The maximum Gasteiger partial charge on any atom is 0.145 e. The third kappa shape index (κ3) is 2.98. The van der Waals surface area contributed by atoms with Crippen LogP contribution >= 0.6 is 0 Å². The molecule has 0 aromatic carbocycles. The molecule has 1 aliphatic carbocycles. The Bertz CT molecular complexity index is 598. The van der Waals surface area contributed by atoms with E-state index in [4.69, 9.17) is 5.26 Å². The fraction of sp³-hybridized carbons (Fsp3) is 0.333. The summed E-state index contributed by atoms with van der Waals surface area (Å²) < 4.78 is 0. The van der Waals surface area contributed by atoms with Crippen molar-refractivity contribution in [3.63, 3.8) is 0 Å². The van der Waals surface area contributed by atoms with E-state index in [0.717, 1.165) is 11.5 Å². The lowest BCUT2D eigenvalue weighted by molar-refractivity contribution is 0.454. The van der Waals surface area contributed by atoms with Crippen LogP contribution in [0.4, 0.5) is 0 Å². The molecular formula is C15H15N5. The summed E-state index contributed by atoms with van der Waals surface area (Å²) in [5, 5.41) is 12.2. The Kier molecular flexibility index (Phi) is 3.66. The van der Waals surface area contributed by atoms with Crippen molar-refractivity contribution < 1.29 is 0 Å². The Morgan fingerprint density at radius 3 is 2.65 bits per heavy atom. The summed E-state index contributed by atoms with van der Waals surface area (Å²) >= 11 is 0. The Morgan fingerprint density at radius 2 is 2.05 bits per heavy atom. The van der Waals surface area contributed by atoms with Crippen LogP contribution in [0.3, 0.4) is 0 Å². The van der Waals surface area contributed by atoms with Crippen molar-refractivity contribution in [2.24, 2.45) is 5.92 Å². The molecule has 0 bridgehead atoms. The quantitative estimate of drug-likeness (QED) is 0.894. The molecule has 0 radical (unpaired) electrons. The molecule has 1 fully saturated rings. The average Bonchev–Trinajstić information content (AvgIpc) is 3.34. The van der Waals surface area contributed by atoms with Crippen LogP contribution in [-0.2, 0) is 6.54 Å². The number of hydrogen-bond acceptors (Lipinski definition) is 5. The van der Waals surface area contributed by atoms with Gasteiger partial charge in [-0.2, -0.15) is 5.26 Å². The molecule has 100 valence electrons. The number of nitrogens with zero attached hydrogens (tertiary/aromatic N) is 4. The zero-order valence-electron chi connectivity index (χ0n) is 11.0. The molecule has 20 heavy (non-hydrogen) atoms. The van der Waals surface area contributed by atoms with E-state index in [1.165, 1.54) is 12.8 Å². The molecule has 0 unspecified atom stereocenters. The summed E-state index contributed by atoms with van der Waals surface area (Å²) in [6.45, 7) is 0.658. The first-order chi connectivity index (χ1) is 9.86. The van der Waals surface area contributed by atoms with Crippen molar-refractivity contribution in [1.29, 1.82) is 5.26 Å². The van der Waals surface area contributed by atoms with Gasteiger partial charge in [-0.05, 0) is 37.0 Å². The second kappa shape index (κ2) is 5.76. The lowest BCUT2D eigenvalue weighted by Crippen LogP contribution is -2.25. The van der Waals surface area contributed by atoms with E-state index in [1.807, 2.05) is 12.1 Å². The maximum absolute atomic E-state index is 8.75. The van der Waals surface area contributed by atoms with Crippen LogP contribution in [0.25, 0.3) is 0 Å². The second-order valence-corrected chi connectivity index (χ2v) is 4.95. The maximum atomic E-state index is 8.75. The molecule has 0 saturated heterocycles. The fourth-order valence-corrected chi connectivity index (χ4v) is 2.18. The van der Waals surface area contributed by atoms with Crippen LogP contribution in [0.1, 0.15) is 36.0 Å². The highest BCUT2D eigenvalue weighted by Gasteiger charge is 2.33. The largest absolute Gasteiger partial charge is 0.301 e. The van der Waals surface area contributed by atoms with Crippen molar-refractivity contribution >= 4 is 0 Å². The van der Waals surface area contributed by atoms with E-state index in [9.17, 15) is 0 Å². The monoisotopic (exact) mass is 265 g/mol. The number of nitrogens with one attached hydrogen (secondary N) is 1. The van der Waals surface area contributed by atoms with Crippen LogP contribution in [0.15, 0.2) is 36.8 Å². The third-order valence-electron chi connectivity index (χ3n) is 3.41. The molecule has 0 aliphatic heterocycles. The van der Waals surface area contributed by atoms with Gasteiger partial charge in [0.25, 0.3) is 0 Å². The van der Waals surface area contributed by atoms with E-state index in [1.54, 1.807) is 24.7 Å². The topological polar surface area (TPSA) is 74.5 Å². The molecular weight excluding hydrogens is 250 g/mol. The first-order valence-electron chi connectivity index (χ1n) is 6.72. The third-order valence-corrected chi connectivity index (χ3v) is 3.41. The van der Waals surface area contributed by atoms with E-state index in [-0.39, 0.29) is 6.04 Å². The minimum absolute atomic E-state index is 0.189. The predicted molar refractivity (Wildman–Crippen MR) is 73.3 cm³/mol. The van der Waals surface area contributed by atoms with Gasteiger partial charge in [-0.25, -0.2) is 9.97 Å². The molecule has 0 spiro atoms. The Morgan fingerprint density at radius 1 is 1.25 bits per heavy atom. The van der Waals surface area contributed by atoms with Crippen molar-refractivity contribution in [3.05, 3.63) is 53.9 Å². The molecule has 1 atom stereocenters. The van der Waals surface area contributed by atoms with Gasteiger partial charge in [-0.15, -0.1) is 0 Å². The standard InChI is InChI=1S/C15H15N5/c16-8-11-2-5-13(19-9-11)10-20-14(12-3-4-12)15-17-6-1-7-18-15/h1-2,5-7,9,12,14,20H,3-4,10H2/t14-/m0/s1. The average molecular weight is 265 g/mol. The normalized spacial score (nSPS) is 15.6. The summed E-state index contributed by atoms with van der Waals surface area (Å²) in [6.07, 6.45) is 7.59. The molecule has 2 aromatic rings. The molecule has 3 rings (SSSR count). The number of pyridine rings is 1. The highest BCUT2D eigenvalue weighted by molar-refractivity contribution is 5.26. The molecule has 5 nitrogen and oxygen atoms in total. The number of hydrogen-bond donors (Lipinski definition) is 1. The fourth-order valence-electron chi connectivity index (χ4n) is 2.18. The van der Waals surface area contributed by atoms with Crippen LogP contribution in [0.2, 0.25) is 0 Å².